The van der Waals surface area contributed by atoms with Crippen LogP contribution in [0.25, 0.3) is 0 Å². The molecule has 1 aromatic rings. The summed E-state index contributed by atoms with van der Waals surface area (Å²) in [5.74, 6) is -0.511. The van der Waals surface area contributed by atoms with Crippen molar-refractivity contribution in [3.63, 3.8) is 0 Å². The number of rotatable bonds is 5. The average Bonchev–Trinajstić information content (AvgIpc) is 2.98. The standard InChI is InChI=1S/C18H25ClF2N2O/c19-18-15(16(20)4-5-17(18)21)11-23-9-13(14(10-23)12-24)8-22-6-2-1-3-7-22/h4-5,13-14,24H,1-3,6-12H2/t13-,14-/m1/s1. The SMILES string of the molecule is OC[C@H]1CN(Cc2c(F)ccc(F)c2Cl)C[C@H]1CN1CCCCC1. The molecular weight excluding hydrogens is 334 g/mol. The second kappa shape index (κ2) is 8.09. The van der Waals surface area contributed by atoms with Gasteiger partial charge in [-0.05, 0) is 49.9 Å². The molecule has 2 aliphatic rings. The molecule has 0 radical (unpaired) electrons. The fourth-order valence-corrected chi connectivity index (χ4v) is 4.20. The van der Waals surface area contributed by atoms with Gasteiger partial charge in [-0.15, -0.1) is 0 Å². The molecule has 0 spiro atoms. The van der Waals surface area contributed by atoms with Gasteiger partial charge in [0.1, 0.15) is 11.6 Å². The van der Waals surface area contributed by atoms with E-state index in [1.165, 1.54) is 19.3 Å². The number of hydrogen-bond acceptors (Lipinski definition) is 3. The largest absolute Gasteiger partial charge is 0.396 e. The molecule has 1 N–H and O–H groups in total. The van der Waals surface area contributed by atoms with Crippen molar-refractivity contribution in [3.05, 3.63) is 34.4 Å². The molecule has 2 atom stereocenters. The number of aliphatic hydroxyl groups is 1. The molecule has 0 aliphatic carbocycles. The number of benzene rings is 1. The van der Waals surface area contributed by atoms with Crippen LogP contribution in [0, 0.1) is 23.5 Å². The molecule has 1 aromatic carbocycles. The van der Waals surface area contributed by atoms with Crippen molar-refractivity contribution in [2.45, 2.75) is 25.8 Å². The van der Waals surface area contributed by atoms with E-state index in [0.29, 0.717) is 12.5 Å². The van der Waals surface area contributed by atoms with Crippen LogP contribution in [0.3, 0.4) is 0 Å². The number of piperidine rings is 1. The zero-order valence-electron chi connectivity index (χ0n) is 13.9. The molecular formula is C18H25ClF2N2O. The second-order valence-electron chi connectivity index (χ2n) is 7.08. The van der Waals surface area contributed by atoms with Crippen molar-refractivity contribution in [3.8, 4) is 0 Å². The molecule has 2 aliphatic heterocycles. The minimum absolute atomic E-state index is 0.130. The number of likely N-dealkylation sites (tertiary alicyclic amines) is 2. The first-order chi connectivity index (χ1) is 11.6. The van der Waals surface area contributed by atoms with E-state index in [1.54, 1.807) is 0 Å². The van der Waals surface area contributed by atoms with Gasteiger partial charge in [0.25, 0.3) is 0 Å². The maximum absolute atomic E-state index is 14.0. The molecule has 0 bridgehead atoms. The lowest BCUT2D eigenvalue weighted by atomic mass is 9.95. The number of hydrogen-bond donors (Lipinski definition) is 1. The van der Waals surface area contributed by atoms with Crippen molar-refractivity contribution in [2.24, 2.45) is 11.8 Å². The van der Waals surface area contributed by atoms with Gasteiger partial charge < -0.3 is 10.0 Å². The quantitative estimate of drug-likeness (QED) is 0.819. The van der Waals surface area contributed by atoms with E-state index in [1.807, 2.05) is 0 Å². The van der Waals surface area contributed by atoms with Crippen LogP contribution in [0.4, 0.5) is 8.78 Å². The third kappa shape index (κ3) is 4.07. The van der Waals surface area contributed by atoms with Crippen LogP contribution < -0.4 is 0 Å². The predicted octanol–water partition coefficient (Wildman–Crippen LogP) is 3.14. The van der Waals surface area contributed by atoms with E-state index < -0.39 is 11.6 Å². The Balaban J connectivity index is 1.64. The van der Waals surface area contributed by atoms with Crippen LogP contribution in [-0.4, -0.2) is 54.2 Å². The normalized spacial score (nSPS) is 26.2. The van der Waals surface area contributed by atoms with Crippen molar-refractivity contribution < 1.29 is 13.9 Å². The number of halogens is 3. The van der Waals surface area contributed by atoms with Crippen LogP contribution >= 0.6 is 11.6 Å². The molecule has 0 saturated carbocycles. The Morgan fingerprint density at radius 3 is 2.38 bits per heavy atom. The first kappa shape index (κ1) is 18.1. The predicted molar refractivity (Wildman–Crippen MR) is 91.0 cm³/mol. The molecule has 2 saturated heterocycles. The fraction of sp³-hybridized carbons (Fsp3) is 0.667. The van der Waals surface area contributed by atoms with E-state index in [-0.39, 0.29) is 29.7 Å². The maximum atomic E-state index is 14.0. The summed E-state index contributed by atoms with van der Waals surface area (Å²) in [6.45, 7) is 5.12. The highest BCUT2D eigenvalue weighted by Gasteiger charge is 2.34. The smallest absolute Gasteiger partial charge is 0.142 e. The highest BCUT2D eigenvalue weighted by atomic mass is 35.5. The lowest BCUT2D eigenvalue weighted by Gasteiger charge is -2.30. The first-order valence-electron chi connectivity index (χ1n) is 8.76. The van der Waals surface area contributed by atoms with Gasteiger partial charge in [0.15, 0.2) is 0 Å². The second-order valence-corrected chi connectivity index (χ2v) is 7.46. The Morgan fingerprint density at radius 2 is 1.67 bits per heavy atom. The van der Waals surface area contributed by atoms with E-state index in [2.05, 4.69) is 9.80 Å². The van der Waals surface area contributed by atoms with Crippen LogP contribution in [-0.2, 0) is 6.54 Å². The Morgan fingerprint density at radius 1 is 1.00 bits per heavy atom. The van der Waals surface area contributed by atoms with E-state index >= 15 is 0 Å². The van der Waals surface area contributed by atoms with Crippen LogP contribution in [0.2, 0.25) is 5.02 Å². The summed E-state index contributed by atoms with van der Waals surface area (Å²) < 4.78 is 27.6. The van der Waals surface area contributed by atoms with Gasteiger partial charge in [0.05, 0.1) is 5.02 Å². The third-order valence-electron chi connectivity index (χ3n) is 5.35. The van der Waals surface area contributed by atoms with Crippen molar-refractivity contribution in [1.82, 2.24) is 9.80 Å². The molecule has 24 heavy (non-hydrogen) atoms. The van der Waals surface area contributed by atoms with E-state index in [9.17, 15) is 13.9 Å². The summed E-state index contributed by atoms with van der Waals surface area (Å²) in [5, 5.41) is 9.57. The number of nitrogens with zero attached hydrogens (tertiary/aromatic N) is 2. The fourth-order valence-electron chi connectivity index (χ4n) is 3.99. The molecule has 3 nitrogen and oxygen atoms in total. The van der Waals surface area contributed by atoms with Gasteiger partial charge in [-0.2, -0.15) is 0 Å². The van der Waals surface area contributed by atoms with Gasteiger partial charge in [-0.1, -0.05) is 18.0 Å². The summed E-state index contributed by atoms with van der Waals surface area (Å²) >= 11 is 5.94. The van der Waals surface area contributed by atoms with Gasteiger partial charge >= 0.3 is 0 Å². The van der Waals surface area contributed by atoms with Crippen LogP contribution in [0.15, 0.2) is 12.1 Å². The Bertz CT molecular complexity index is 566. The van der Waals surface area contributed by atoms with Gasteiger partial charge in [0.2, 0.25) is 0 Å². The topological polar surface area (TPSA) is 26.7 Å². The zero-order chi connectivity index (χ0) is 17.1. The minimum Gasteiger partial charge on any atom is -0.396 e. The highest BCUT2D eigenvalue weighted by Crippen LogP contribution is 2.30. The van der Waals surface area contributed by atoms with Gasteiger partial charge in [-0.25, -0.2) is 8.78 Å². The van der Waals surface area contributed by atoms with Crippen LogP contribution in [0.5, 0.6) is 0 Å². The monoisotopic (exact) mass is 358 g/mol. The summed E-state index contributed by atoms with van der Waals surface area (Å²) in [7, 11) is 0. The summed E-state index contributed by atoms with van der Waals surface area (Å²) in [5.41, 5.74) is 0.215. The van der Waals surface area contributed by atoms with E-state index in [4.69, 9.17) is 11.6 Å². The molecule has 0 amide bonds. The lowest BCUT2D eigenvalue weighted by molar-refractivity contribution is 0.149. The van der Waals surface area contributed by atoms with E-state index in [0.717, 1.165) is 38.3 Å². The minimum atomic E-state index is -0.587. The van der Waals surface area contributed by atoms with Crippen LogP contribution in [0.1, 0.15) is 24.8 Å². The molecule has 134 valence electrons. The summed E-state index contributed by atoms with van der Waals surface area (Å²) in [6.07, 6.45) is 3.78. The molecule has 0 unspecified atom stereocenters. The van der Waals surface area contributed by atoms with Crippen molar-refractivity contribution >= 4 is 11.6 Å². The number of aliphatic hydroxyl groups excluding tert-OH is 1. The van der Waals surface area contributed by atoms with Crippen molar-refractivity contribution in [1.29, 1.82) is 0 Å². The average molecular weight is 359 g/mol. The zero-order valence-corrected chi connectivity index (χ0v) is 14.6. The van der Waals surface area contributed by atoms with Gasteiger partial charge in [-0.3, -0.25) is 4.90 Å². The third-order valence-corrected chi connectivity index (χ3v) is 5.76. The molecule has 2 fully saturated rings. The van der Waals surface area contributed by atoms with Gasteiger partial charge in [0, 0.05) is 38.3 Å². The molecule has 3 rings (SSSR count). The van der Waals surface area contributed by atoms with Crippen molar-refractivity contribution in [2.75, 3.05) is 39.3 Å². The molecule has 0 aromatic heterocycles. The molecule has 6 heteroatoms. The molecule has 2 heterocycles. The summed E-state index contributed by atoms with van der Waals surface area (Å²) in [6, 6.07) is 2.18. The Hall–Kier alpha value is -0.750. The highest BCUT2D eigenvalue weighted by molar-refractivity contribution is 6.31. The maximum Gasteiger partial charge on any atom is 0.142 e. The lowest BCUT2D eigenvalue weighted by Crippen LogP contribution is -2.37. The Kier molecular flexibility index (Phi) is 6.08. The first-order valence-corrected chi connectivity index (χ1v) is 9.14. The Labute approximate surface area is 147 Å². The summed E-state index contributed by atoms with van der Waals surface area (Å²) in [4.78, 5) is 4.55.